The molecule has 3 aromatic rings. The number of hydrogen-bond acceptors (Lipinski definition) is 4. The van der Waals surface area contributed by atoms with Gasteiger partial charge in [0.05, 0.1) is 15.9 Å². The monoisotopic (exact) mass is 277 g/mol. The first-order valence-corrected chi connectivity index (χ1v) is 5.80. The summed E-state index contributed by atoms with van der Waals surface area (Å²) < 4.78 is 0. The zero-order valence-electron chi connectivity index (χ0n) is 9.74. The molecule has 0 saturated heterocycles. The maximum Gasteiger partial charge on any atom is 0.289 e. The van der Waals surface area contributed by atoms with E-state index in [0.29, 0.717) is 5.52 Å². The van der Waals surface area contributed by atoms with E-state index in [9.17, 15) is 14.7 Å². The fourth-order valence-electron chi connectivity index (χ4n) is 2.07. The van der Waals surface area contributed by atoms with Crippen LogP contribution >= 0.6 is 11.6 Å². The molecule has 0 radical (unpaired) electrons. The molecule has 6 nitrogen and oxygen atoms in total. The van der Waals surface area contributed by atoms with Gasteiger partial charge in [-0.2, -0.15) is 0 Å². The number of pyridine rings is 1. The number of hydrogen-bond donors (Lipinski definition) is 3. The zero-order valence-corrected chi connectivity index (χ0v) is 10.5. The summed E-state index contributed by atoms with van der Waals surface area (Å²) in [7, 11) is 0. The first-order valence-electron chi connectivity index (χ1n) is 5.42. The maximum absolute atomic E-state index is 11.7. The molecule has 0 saturated carbocycles. The van der Waals surface area contributed by atoms with Gasteiger partial charge in [0, 0.05) is 0 Å². The van der Waals surface area contributed by atoms with Gasteiger partial charge in [-0.1, -0.05) is 11.6 Å². The molecule has 3 N–H and O–H groups in total. The van der Waals surface area contributed by atoms with Crippen molar-refractivity contribution < 1.29 is 5.11 Å². The standard InChI is InChI=1S/C12H8ClN3O3/c1-4-2-5(13)7-6(3-4)14-9-8(10(7)17)11(18)15-16-12(9)19/h2-3H,1H3,(H,14,17)(H,15,18)(H,16,19). The number of aromatic hydroxyl groups is 1. The first-order chi connectivity index (χ1) is 8.99. The van der Waals surface area contributed by atoms with Gasteiger partial charge in [-0.05, 0) is 24.6 Å². The molecule has 7 heteroatoms. The molecule has 19 heavy (non-hydrogen) atoms. The molecule has 0 fully saturated rings. The minimum atomic E-state index is -0.627. The predicted molar refractivity (Wildman–Crippen MR) is 71.9 cm³/mol. The van der Waals surface area contributed by atoms with Crippen molar-refractivity contribution in [2.75, 3.05) is 0 Å². The molecule has 3 rings (SSSR count). The predicted octanol–water partition coefficient (Wildman–Crippen LogP) is 1.43. The van der Waals surface area contributed by atoms with Crippen LogP contribution in [0.15, 0.2) is 21.7 Å². The van der Waals surface area contributed by atoms with Crippen molar-refractivity contribution in [1.82, 2.24) is 15.2 Å². The highest BCUT2D eigenvalue weighted by Gasteiger charge is 2.16. The minimum Gasteiger partial charge on any atom is -0.506 e. The number of benzene rings is 1. The third kappa shape index (κ3) is 1.61. The normalized spacial score (nSPS) is 11.3. The Hall–Kier alpha value is -2.34. The maximum atomic E-state index is 11.7. The number of rotatable bonds is 0. The van der Waals surface area contributed by atoms with E-state index in [1.807, 2.05) is 6.92 Å². The molecule has 0 spiro atoms. The summed E-state index contributed by atoms with van der Waals surface area (Å²) in [4.78, 5) is 27.5. The lowest BCUT2D eigenvalue weighted by atomic mass is 10.1. The Morgan fingerprint density at radius 2 is 1.84 bits per heavy atom. The quantitative estimate of drug-likeness (QED) is 0.541. The second-order valence-electron chi connectivity index (χ2n) is 4.23. The van der Waals surface area contributed by atoms with Crippen molar-refractivity contribution >= 4 is 33.4 Å². The van der Waals surface area contributed by atoms with E-state index in [-0.39, 0.29) is 27.1 Å². The van der Waals surface area contributed by atoms with Crippen LogP contribution in [0.4, 0.5) is 0 Å². The van der Waals surface area contributed by atoms with Gasteiger partial charge in [0.2, 0.25) is 0 Å². The van der Waals surface area contributed by atoms with Gasteiger partial charge in [0.25, 0.3) is 11.1 Å². The molecule has 0 unspecified atom stereocenters. The van der Waals surface area contributed by atoms with Crippen molar-refractivity contribution in [2.45, 2.75) is 6.92 Å². The first kappa shape index (κ1) is 11.7. The fourth-order valence-corrected chi connectivity index (χ4v) is 2.43. The average Bonchev–Trinajstić information content (AvgIpc) is 2.32. The van der Waals surface area contributed by atoms with Crippen LogP contribution in [0.2, 0.25) is 5.02 Å². The molecule has 0 aliphatic rings. The van der Waals surface area contributed by atoms with Crippen LogP contribution in [0.3, 0.4) is 0 Å². The van der Waals surface area contributed by atoms with Crippen molar-refractivity contribution in [3.8, 4) is 5.75 Å². The highest BCUT2D eigenvalue weighted by molar-refractivity contribution is 6.36. The second-order valence-corrected chi connectivity index (χ2v) is 4.64. The molecule has 0 aliphatic heterocycles. The molecular weight excluding hydrogens is 270 g/mol. The van der Waals surface area contributed by atoms with Crippen LogP contribution in [0.1, 0.15) is 5.56 Å². The Balaban J connectivity index is 2.72. The van der Waals surface area contributed by atoms with Crippen LogP contribution in [0.5, 0.6) is 5.75 Å². The van der Waals surface area contributed by atoms with E-state index < -0.39 is 11.1 Å². The molecular formula is C12H8ClN3O3. The van der Waals surface area contributed by atoms with Gasteiger partial charge in [-0.3, -0.25) is 19.8 Å². The molecule has 0 atom stereocenters. The number of halogens is 1. The lowest BCUT2D eigenvalue weighted by molar-refractivity contribution is 0.487. The number of nitrogens with one attached hydrogen (secondary N) is 2. The summed E-state index contributed by atoms with van der Waals surface area (Å²) in [5.74, 6) is -0.336. The number of nitrogens with zero attached hydrogens (tertiary/aromatic N) is 1. The van der Waals surface area contributed by atoms with E-state index in [2.05, 4.69) is 15.2 Å². The summed E-state index contributed by atoms with van der Waals surface area (Å²) in [6, 6.07) is 3.33. The van der Waals surface area contributed by atoms with E-state index in [1.54, 1.807) is 12.1 Å². The Morgan fingerprint density at radius 1 is 1.16 bits per heavy atom. The van der Waals surface area contributed by atoms with Crippen LogP contribution < -0.4 is 11.1 Å². The average molecular weight is 278 g/mol. The molecule has 2 heterocycles. The van der Waals surface area contributed by atoms with Crippen LogP contribution in [0, 0.1) is 6.92 Å². The topological polar surface area (TPSA) is 98.8 Å². The van der Waals surface area contributed by atoms with Crippen LogP contribution in [-0.2, 0) is 0 Å². The summed E-state index contributed by atoms with van der Waals surface area (Å²) in [6.45, 7) is 1.82. The molecule has 96 valence electrons. The van der Waals surface area contributed by atoms with Gasteiger partial charge in [0.1, 0.15) is 16.7 Å². The minimum absolute atomic E-state index is 0.115. The van der Waals surface area contributed by atoms with Crippen molar-refractivity contribution in [1.29, 1.82) is 0 Å². The SMILES string of the molecule is Cc1cc(Cl)c2c(O)c3c(=O)[nH][nH]c(=O)c3nc2c1. The third-order valence-corrected chi connectivity index (χ3v) is 3.19. The highest BCUT2D eigenvalue weighted by atomic mass is 35.5. The Bertz CT molecular complexity index is 943. The van der Waals surface area contributed by atoms with Crippen molar-refractivity contribution in [3.05, 3.63) is 43.4 Å². The molecule has 2 aromatic heterocycles. The Labute approximate surface area is 110 Å². The van der Waals surface area contributed by atoms with E-state index in [1.165, 1.54) is 0 Å². The van der Waals surface area contributed by atoms with Crippen LogP contribution in [-0.4, -0.2) is 20.3 Å². The summed E-state index contributed by atoms with van der Waals surface area (Å²) in [6.07, 6.45) is 0. The number of fused-ring (bicyclic) bond motifs is 2. The zero-order chi connectivity index (χ0) is 13.7. The number of aromatic amines is 2. The summed E-state index contributed by atoms with van der Waals surface area (Å²) in [5, 5.41) is 14.9. The number of H-pyrrole nitrogens is 2. The van der Waals surface area contributed by atoms with Gasteiger partial charge in [-0.15, -0.1) is 0 Å². The molecule has 1 aromatic carbocycles. The van der Waals surface area contributed by atoms with E-state index >= 15 is 0 Å². The Morgan fingerprint density at radius 3 is 2.58 bits per heavy atom. The van der Waals surface area contributed by atoms with Gasteiger partial charge in [-0.25, -0.2) is 4.98 Å². The molecule has 0 amide bonds. The van der Waals surface area contributed by atoms with Crippen molar-refractivity contribution in [3.63, 3.8) is 0 Å². The van der Waals surface area contributed by atoms with Gasteiger partial charge < -0.3 is 5.11 Å². The number of aryl methyl sites for hydroxylation is 1. The largest absolute Gasteiger partial charge is 0.506 e. The third-order valence-electron chi connectivity index (χ3n) is 2.89. The van der Waals surface area contributed by atoms with E-state index in [4.69, 9.17) is 11.6 Å². The van der Waals surface area contributed by atoms with Gasteiger partial charge >= 0.3 is 0 Å². The lowest BCUT2D eigenvalue weighted by Crippen LogP contribution is -2.20. The fraction of sp³-hybridized carbons (Fsp3) is 0.0833. The summed E-state index contributed by atoms with van der Waals surface area (Å²) in [5.41, 5.74) is -0.117. The number of aromatic nitrogens is 3. The van der Waals surface area contributed by atoms with Crippen LogP contribution in [0.25, 0.3) is 21.8 Å². The smallest absolute Gasteiger partial charge is 0.289 e. The second kappa shape index (κ2) is 3.83. The lowest BCUT2D eigenvalue weighted by Gasteiger charge is -2.06. The van der Waals surface area contributed by atoms with Crippen molar-refractivity contribution in [2.24, 2.45) is 0 Å². The molecule has 0 aliphatic carbocycles. The van der Waals surface area contributed by atoms with Gasteiger partial charge in [0.15, 0.2) is 0 Å². The van der Waals surface area contributed by atoms with E-state index in [0.717, 1.165) is 5.56 Å². The summed E-state index contributed by atoms with van der Waals surface area (Å²) >= 11 is 6.06. The molecule has 0 bridgehead atoms. The Kier molecular flexibility index (Phi) is 2.36. The highest BCUT2D eigenvalue weighted by Crippen LogP contribution is 2.34.